The second kappa shape index (κ2) is 5.59. The van der Waals surface area contributed by atoms with E-state index in [0.717, 1.165) is 18.4 Å². The predicted molar refractivity (Wildman–Crippen MR) is 51.5 cm³/mol. The minimum Gasteiger partial charge on any atom is -0.330 e. The van der Waals surface area contributed by atoms with Crippen molar-refractivity contribution >= 4 is 0 Å². The Hall–Kier alpha value is -0.0400. The van der Waals surface area contributed by atoms with Gasteiger partial charge in [0.05, 0.1) is 0 Å². The first-order chi connectivity index (χ1) is 5.11. The van der Waals surface area contributed by atoms with Crippen LogP contribution in [0.4, 0.5) is 0 Å². The lowest BCUT2D eigenvalue weighted by Gasteiger charge is -2.21. The van der Waals surface area contributed by atoms with Gasteiger partial charge >= 0.3 is 0 Å². The van der Waals surface area contributed by atoms with Crippen molar-refractivity contribution in [3.63, 3.8) is 0 Å². The fourth-order valence-corrected chi connectivity index (χ4v) is 1.37. The fourth-order valence-electron chi connectivity index (χ4n) is 1.37. The van der Waals surface area contributed by atoms with Crippen molar-refractivity contribution in [2.45, 2.75) is 40.5 Å². The molecule has 0 aliphatic carbocycles. The third kappa shape index (κ3) is 4.41. The maximum Gasteiger partial charge on any atom is -0.00514 e. The second-order valence-corrected chi connectivity index (χ2v) is 3.94. The number of rotatable bonds is 5. The molecule has 0 bridgehead atoms. The summed E-state index contributed by atoms with van der Waals surface area (Å²) < 4.78 is 0. The van der Waals surface area contributed by atoms with Crippen molar-refractivity contribution < 1.29 is 0 Å². The molecule has 0 aliphatic heterocycles. The minimum absolute atomic E-state index is 0.694. The average molecular weight is 157 g/mol. The van der Waals surface area contributed by atoms with E-state index in [-0.39, 0.29) is 0 Å². The standard InChI is InChI=1S/C10H23N/c1-5-9(3)10(4)6-8(2)7-11/h8-10H,5-7,11H2,1-4H3/t8?,9-,10+/m0/s1. The average Bonchev–Trinajstić information content (AvgIpc) is 2.02. The molecule has 0 saturated carbocycles. The lowest BCUT2D eigenvalue weighted by Crippen LogP contribution is -2.17. The molecule has 0 aromatic heterocycles. The van der Waals surface area contributed by atoms with Crippen LogP contribution in [0.2, 0.25) is 0 Å². The van der Waals surface area contributed by atoms with Crippen LogP contribution in [0.1, 0.15) is 40.5 Å². The number of nitrogens with two attached hydrogens (primary N) is 1. The Morgan fingerprint density at radius 3 is 2.00 bits per heavy atom. The summed E-state index contributed by atoms with van der Waals surface area (Å²) >= 11 is 0. The molecule has 2 N–H and O–H groups in total. The molecule has 11 heavy (non-hydrogen) atoms. The quantitative estimate of drug-likeness (QED) is 0.652. The van der Waals surface area contributed by atoms with Crippen molar-refractivity contribution in [1.29, 1.82) is 0 Å². The van der Waals surface area contributed by atoms with Crippen LogP contribution >= 0.6 is 0 Å². The van der Waals surface area contributed by atoms with Crippen LogP contribution in [-0.2, 0) is 0 Å². The maximum absolute atomic E-state index is 5.56. The molecule has 0 aromatic carbocycles. The molecule has 0 spiro atoms. The molecule has 0 aromatic rings. The second-order valence-electron chi connectivity index (χ2n) is 3.94. The molecule has 0 heterocycles. The largest absolute Gasteiger partial charge is 0.330 e. The summed E-state index contributed by atoms with van der Waals surface area (Å²) in [5, 5.41) is 0. The van der Waals surface area contributed by atoms with Crippen molar-refractivity contribution in [1.82, 2.24) is 0 Å². The molecule has 0 saturated heterocycles. The van der Waals surface area contributed by atoms with Crippen molar-refractivity contribution in [3.05, 3.63) is 0 Å². The van der Waals surface area contributed by atoms with Crippen LogP contribution in [0.25, 0.3) is 0 Å². The van der Waals surface area contributed by atoms with Crippen molar-refractivity contribution in [2.75, 3.05) is 6.54 Å². The van der Waals surface area contributed by atoms with E-state index >= 15 is 0 Å². The summed E-state index contributed by atoms with van der Waals surface area (Å²) in [7, 11) is 0. The van der Waals surface area contributed by atoms with Crippen LogP contribution in [0, 0.1) is 17.8 Å². The van der Waals surface area contributed by atoms with Gasteiger partial charge in [0.15, 0.2) is 0 Å². The molecule has 0 rings (SSSR count). The van der Waals surface area contributed by atoms with Crippen LogP contribution in [0.3, 0.4) is 0 Å². The number of hydrogen-bond donors (Lipinski definition) is 1. The van der Waals surface area contributed by atoms with Crippen molar-refractivity contribution in [2.24, 2.45) is 23.5 Å². The summed E-state index contributed by atoms with van der Waals surface area (Å²) in [5.74, 6) is 2.38. The molecule has 1 nitrogen and oxygen atoms in total. The monoisotopic (exact) mass is 157 g/mol. The third-order valence-electron chi connectivity index (χ3n) is 2.79. The summed E-state index contributed by atoms with van der Waals surface area (Å²) in [5.41, 5.74) is 5.56. The number of hydrogen-bond acceptors (Lipinski definition) is 1. The zero-order valence-corrected chi connectivity index (χ0v) is 8.43. The molecular formula is C10H23N. The Balaban J connectivity index is 3.58. The van der Waals surface area contributed by atoms with E-state index in [4.69, 9.17) is 5.73 Å². The van der Waals surface area contributed by atoms with Crippen LogP contribution < -0.4 is 5.73 Å². The summed E-state index contributed by atoms with van der Waals surface area (Å²) in [6, 6.07) is 0. The van der Waals surface area contributed by atoms with Gasteiger partial charge in [-0.05, 0) is 30.7 Å². The fraction of sp³-hybridized carbons (Fsp3) is 1.00. The highest BCUT2D eigenvalue weighted by atomic mass is 14.5. The van der Waals surface area contributed by atoms with E-state index in [1.54, 1.807) is 0 Å². The summed E-state index contributed by atoms with van der Waals surface area (Å²) in [6.07, 6.45) is 2.57. The Bertz CT molecular complexity index is 90.9. The lowest BCUT2D eigenvalue weighted by atomic mass is 9.86. The molecule has 3 atom stereocenters. The van der Waals surface area contributed by atoms with E-state index < -0.39 is 0 Å². The topological polar surface area (TPSA) is 26.0 Å². The van der Waals surface area contributed by atoms with Gasteiger partial charge in [0.25, 0.3) is 0 Å². The predicted octanol–water partition coefficient (Wildman–Crippen LogP) is 2.65. The molecule has 68 valence electrons. The molecule has 0 fully saturated rings. The highest BCUT2D eigenvalue weighted by Gasteiger charge is 2.12. The molecule has 0 amide bonds. The van der Waals surface area contributed by atoms with Gasteiger partial charge in [0.1, 0.15) is 0 Å². The van der Waals surface area contributed by atoms with Gasteiger partial charge in [-0.2, -0.15) is 0 Å². The Morgan fingerprint density at radius 1 is 1.09 bits per heavy atom. The van der Waals surface area contributed by atoms with E-state index in [9.17, 15) is 0 Å². The highest BCUT2D eigenvalue weighted by Crippen LogP contribution is 2.21. The Labute approximate surface area is 71.4 Å². The van der Waals surface area contributed by atoms with Crippen molar-refractivity contribution in [3.8, 4) is 0 Å². The normalized spacial score (nSPS) is 19.4. The summed E-state index contributed by atoms with van der Waals surface area (Å²) in [4.78, 5) is 0. The zero-order chi connectivity index (χ0) is 8.85. The van der Waals surface area contributed by atoms with Gasteiger partial charge in [-0.3, -0.25) is 0 Å². The van der Waals surface area contributed by atoms with Gasteiger partial charge in [-0.25, -0.2) is 0 Å². The highest BCUT2D eigenvalue weighted by molar-refractivity contribution is 4.64. The maximum atomic E-state index is 5.56. The van der Waals surface area contributed by atoms with Gasteiger partial charge < -0.3 is 5.73 Å². The molecule has 0 radical (unpaired) electrons. The smallest absolute Gasteiger partial charge is 0.00514 e. The molecule has 1 heteroatoms. The van der Waals surface area contributed by atoms with E-state index in [1.807, 2.05) is 0 Å². The Kier molecular flexibility index (Phi) is 5.57. The van der Waals surface area contributed by atoms with Gasteiger partial charge in [-0.1, -0.05) is 34.1 Å². The Morgan fingerprint density at radius 2 is 1.64 bits per heavy atom. The SMILES string of the molecule is CC[C@H](C)[C@H](C)CC(C)CN. The summed E-state index contributed by atoms with van der Waals surface area (Å²) in [6.45, 7) is 9.99. The van der Waals surface area contributed by atoms with Crippen LogP contribution in [-0.4, -0.2) is 6.54 Å². The van der Waals surface area contributed by atoms with E-state index in [2.05, 4.69) is 27.7 Å². The third-order valence-corrected chi connectivity index (χ3v) is 2.79. The van der Waals surface area contributed by atoms with E-state index in [0.29, 0.717) is 5.92 Å². The molecule has 1 unspecified atom stereocenters. The van der Waals surface area contributed by atoms with Crippen LogP contribution in [0.5, 0.6) is 0 Å². The van der Waals surface area contributed by atoms with Gasteiger partial charge in [0.2, 0.25) is 0 Å². The van der Waals surface area contributed by atoms with E-state index in [1.165, 1.54) is 12.8 Å². The van der Waals surface area contributed by atoms with Gasteiger partial charge in [-0.15, -0.1) is 0 Å². The first-order valence-corrected chi connectivity index (χ1v) is 4.81. The molecular weight excluding hydrogens is 134 g/mol. The first kappa shape index (κ1) is 11.0. The van der Waals surface area contributed by atoms with Crippen LogP contribution in [0.15, 0.2) is 0 Å². The molecule has 0 aliphatic rings. The zero-order valence-electron chi connectivity index (χ0n) is 8.43. The minimum atomic E-state index is 0.694. The van der Waals surface area contributed by atoms with Gasteiger partial charge in [0, 0.05) is 0 Å². The first-order valence-electron chi connectivity index (χ1n) is 4.81. The lowest BCUT2D eigenvalue weighted by molar-refractivity contribution is 0.310.